The van der Waals surface area contributed by atoms with E-state index < -0.39 is 5.79 Å². The number of piperidine rings is 1. The molecular formula is C18H22N2O4. The van der Waals surface area contributed by atoms with E-state index in [-0.39, 0.29) is 24.3 Å². The minimum atomic E-state index is -0.460. The highest BCUT2D eigenvalue weighted by atomic mass is 16.7. The molecule has 0 bridgehead atoms. The summed E-state index contributed by atoms with van der Waals surface area (Å²) in [5.74, 6) is -0.691. The molecule has 1 aromatic rings. The fourth-order valence-corrected chi connectivity index (χ4v) is 3.93. The van der Waals surface area contributed by atoms with Crippen molar-refractivity contribution in [3.05, 3.63) is 29.8 Å². The summed E-state index contributed by atoms with van der Waals surface area (Å²) in [4.78, 5) is 28.8. The Balaban J connectivity index is 1.49. The number of ether oxygens (including phenoxy) is 2. The van der Waals surface area contributed by atoms with Gasteiger partial charge in [-0.05, 0) is 18.6 Å². The summed E-state index contributed by atoms with van der Waals surface area (Å²) in [6.45, 7) is 4.63. The molecule has 6 nitrogen and oxygen atoms in total. The van der Waals surface area contributed by atoms with E-state index in [1.54, 1.807) is 0 Å². The Kier molecular flexibility index (Phi) is 3.90. The van der Waals surface area contributed by atoms with Crippen LogP contribution in [0.3, 0.4) is 0 Å². The third kappa shape index (κ3) is 2.55. The van der Waals surface area contributed by atoms with Crippen LogP contribution in [-0.4, -0.2) is 54.8 Å². The van der Waals surface area contributed by atoms with Gasteiger partial charge in [0.05, 0.1) is 31.4 Å². The lowest BCUT2D eigenvalue weighted by Crippen LogP contribution is -2.51. The molecule has 0 saturated carbocycles. The Hall–Kier alpha value is -1.76. The van der Waals surface area contributed by atoms with Crippen LogP contribution in [0.1, 0.15) is 24.8 Å². The number of carbonyl (C=O) groups excluding carboxylic acids is 2. The van der Waals surface area contributed by atoms with E-state index >= 15 is 0 Å². The molecule has 0 radical (unpaired) electrons. The van der Waals surface area contributed by atoms with E-state index in [2.05, 4.69) is 4.90 Å². The summed E-state index contributed by atoms with van der Waals surface area (Å²) in [5.41, 5.74) is 1.64. The number of hydrogen-bond donors (Lipinski definition) is 0. The fraction of sp³-hybridized carbons (Fsp3) is 0.556. The molecule has 6 heteroatoms. The molecule has 1 aromatic carbocycles. The maximum Gasteiger partial charge on any atom is 0.251 e. The molecule has 4 rings (SSSR count). The minimum absolute atomic E-state index is 0.112. The maximum atomic E-state index is 12.9. The summed E-state index contributed by atoms with van der Waals surface area (Å²) >= 11 is 0. The minimum Gasteiger partial charge on any atom is -0.347 e. The predicted octanol–water partition coefficient (Wildman–Crippen LogP) is 1.47. The van der Waals surface area contributed by atoms with E-state index in [0.29, 0.717) is 32.0 Å². The Bertz CT molecular complexity index is 659. The number of amides is 2. The maximum absolute atomic E-state index is 12.9. The molecule has 3 aliphatic rings. The SMILES string of the molecule is Cc1ccccc1N1C(=O)C[C@H](N2CCC3(CC2)OCCO3)C1=O. The zero-order valence-electron chi connectivity index (χ0n) is 13.9. The van der Waals surface area contributed by atoms with Crippen molar-refractivity contribution in [1.82, 2.24) is 4.90 Å². The van der Waals surface area contributed by atoms with Crippen LogP contribution < -0.4 is 4.90 Å². The monoisotopic (exact) mass is 330 g/mol. The van der Waals surface area contributed by atoms with Crippen LogP contribution >= 0.6 is 0 Å². The van der Waals surface area contributed by atoms with Crippen molar-refractivity contribution in [2.75, 3.05) is 31.2 Å². The predicted molar refractivity (Wildman–Crippen MR) is 87.5 cm³/mol. The molecule has 1 spiro atoms. The summed E-state index contributed by atoms with van der Waals surface area (Å²) in [6.07, 6.45) is 1.74. The summed E-state index contributed by atoms with van der Waals surface area (Å²) < 4.78 is 11.5. The topological polar surface area (TPSA) is 59.1 Å². The molecule has 1 atom stereocenters. The lowest BCUT2D eigenvalue weighted by molar-refractivity contribution is -0.188. The average molecular weight is 330 g/mol. The number of carbonyl (C=O) groups is 2. The molecular weight excluding hydrogens is 308 g/mol. The lowest BCUT2D eigenvalue weighted by Gasteiger charge is -2.39. The van der Waals surface area contributed by atoms with Gasteiger partial charge in [0.15, 0.2) is 5.79 Å². The van der Waals surface area contributed by atoms with Gasteiger partial charge >= 0.3 is 0 Å². The first-order valence-corrected chi connectivity index (χ1v) is 8.54. The molecule has 3 fully saturated rings. The van der Waals surface area contributed by atoms with E-state index in [1.165, 1.54) is 4.90 Å². The highest BCUT2D eigenvalue weighted by Gasteiger charge is 2.47. The smallest absolute Gasteiger partial charge is 0.251 e. The highest BCUT2D eigenvalue weighted by Crippen LogP contribution is 2.34. The number of anilines is 1. The van der Waals surface area contributed by atoms with Gasteiger partial charge in [0.2, 0.25) is 5.91 Å². The van der Waals surface area contributed by atoms with Crippen molar-refractivity contribution < 1.29 is 19.1 Å². The first-order chi connectivity index (χ1) is 11.6. The van der Waals surface area contributed by atoms with Crippen molar-refractivity contribution in [1.29, 1.82) is 0 Å². The van der Waals surface area contributed by atoms with Gasteiger partial charge in [-0.2, -0.15) is 0 Å². The van der Waals surface area contributed by atoms with Crippen LogP contribution in [-0.2, 0) is 19.1 Å². The van der Waals surface area contributed by atoms with Gasteiger partial charge in [0.25, 0.3) is 5.91 Å². The second-order valence-electron chi connectivity index (χ2n) is 6.72. The Morgan fingerprint density at radius 3 is 2.42 bits per heavy atom. The van der Waals surface area contributed by atoms with E-state index in [9.17, 15) is 9.59 Å². The second-order valence-corrected chi connectivity index (χ2v) is 6.72. The van der Waals surface area contributed by atoms with Crippen LogP contribution in [0.5, 0.6) is 0 Å². The number of aryl methyl sites for hydroxylation is 1. The average Bonchev–Trinajstić information content (AvgIpc) is 3.15. The van der Waals surface area contributed by atoms with Gasteiger partial charge in [0, 0.05) is 25.9 Å². The summed E-state index contributed by atoms with van der Waals surface area (Å²) in [5, 5.41) is 0. The first-order valence-electron chi connectivity index (χ1n) is 8.54. The van der Waals surface area contributed by atoms with Crippen LogP contribution in [0.4, 0.5) is 5.69 Å². The fourth-order valence-electron chi connectivity index (χ4n) is 3.93. The van der Waals surface area contributed by atoms with Crippen LogP contribution in [0.2, 0.25) is 0 Å². The number of nitrogens with zero attached hydrogens (tertiary/aromatic N) is 2. The third-order valence-corrected chi connectivity index (χ3v) is 5.29. The molecule has 24 heavy (non-hydrogen) atoms. The molecule has 3 heterocycles. The van der Waals surface area contributed by atoms with Crippen molar-refractivity contribution in [2.24, 2.45) is 0 Å². The van der Waals surface area contributed by atoms with Crippen molar-refractivity contribution in [2.45, 2.75) is 38.0 Å². The van der Waals surface area contributed by atoms with Gasteiger partial charge in [-0.3, -0.25) is 14.5 Å². The number of rotatable bonds is 2. The van der Waals surface area contributed by atoms with Crippen LogP contribution in [0, 0.1) is 6.92 Å². The molecule has 0 unspecified atom stereocenters. The number of imide groups is 1. The molecule has 3 saturated heterocycles. The first kappa shape index (κ1) is 15.7. The van der Waals surface area contributed by atoms with Gasteiger partial charge in [-0.25, -0.2) is 4.90 Å². The van der Waals surface area contributed by atoms with E-state index in [0.717, 1.165) is 18.4 Å². The normalized spacial score (nSPS) is 27.4. The standard InChI is InChI=1S/C18H22N2O4/c1-13-4-2-3-5-14(13)20-16(21)12-15(17(20)22)19-8-6-18(7-9-19)23-10-11-24-18/h2-5,15H,6-12H2,1H3/t15-/m0/s1. The zero-order valence-corrected chi connectivity index (χ0v) is 13.9. The molecule has 128 valence electrons. The van der Waals surface area contributed by atoms with Gasteiger partial charge in [-0.15, -0.1) is 0 Å². The Morgan fingerprint density at radius 2 is 1.75 bits per heavy atom. The summed E-state index contributed by atoms with van der Waals surface area (Å²) in [7, 11) is 0. The quantitative estimate of drug-likeness (QED) is 0.769. The molecule has 0 aliphatic carbocycles. The highest BCUT2D eigenvalue weighted by molar-refractivity contribution is 6.22. The zero-order chi connectivity index (χ0) is 16.7. The largest absolute Gasteiger partial charge is 0.347 e. The van der Waals surface area contributed by atoms with Gasteiger partial charge < -0.3 is 9.47 Å². The van der Waals surface area contributed by atoms with Gasteiger partial charge in [-0.1, -0.05) is 18.2 Å². The lowest BCUT2D eigenvalue weighted by atomic mass is 10.0. The molecule has 0 aromatic heterocycles. The Labute approximate surface area is 141 Å². The van der Waals surface area contributed by atoms with Crippen molar-refractivity contribution in [3.63, 3.8) is 0 Å². The number of likely N-dealkylation sites (tertiary alicyclic amines) is 1. The van der Waals surface area contributed by atoms with E-state index in [4.69, 9.17) is 9.47 Å². The van der Waals surface area contributed by atoms with Crippen molar-refractivity contribution >= 4 is 17.5 Å². The molecule has 0 N–H and O–H groups in total. The van der Waals surface area contributed by atoms with Crippen LogP contribution in [0.15, 0.2) is 24.3 Å². The third-order valence-electron chi connectivity index (χ3n) is 5.29. The number of benzene rings is 1. The van der Waals surface area contributed by atoms with Gasteiger partial charge in [0.1, 0.15) is 0 Å². The second kappa shape index (κ2) is 5.95. The molecule has 2 amide bonds. The van der Waals surface area contributed by atoms with Crippen molar-refractivity contribution in [3.8, 4) is 0 Å². The number of hydrogen-bond acceptors (Lipinski definition) is 5. The Morgan fingerprint density at radius 1 is 1.08 bits per heavy atom. The number of para-hydroxylation sites is 1. The summed E-state index contributed by atoms with van der Waals surface area (Å²) in [6, 6.07) is 7.15. The molecule has 3 aliphatic heterocycles. The van der Waals surface area contributed by atoms with Crippen LogP contribution in [0.25, 0.3) is 0 Å². The van der Waals surface area contributed by atoms with E-state index in [1.807, 2.05) is 31.2 Å².